The summed E-state index contributed by atoms with van der Waals surface area (Å²) in [6.07, 6.45) is 2.01. The largest absolute Gasteiger partial charge is 0.398 e. The highest BCUT2D eigenvalue weighted by Crippen LogP contribution is 2.25. The van der Waals surface area contributed by atoms with Crippen molar-refractivity contribution in [2.45, 2.75) is 12.8 Å². The molecule has 0 aliphatic carbocycles. The molecule has 0 unspecified atom stereocenters. The summed E-state index contributed by atoms with van der Waals surface area (Å²) < 4.78 is 0. The summed E-state index contributed by atoms with van der Waals surface area (Å²) in [6.45, 7) is 2.14. The first-order valence-corrected chi connectivity index (χ1v) is 5.90. The summed E-state index contributed by atoms with van der Waals surface area (Å²) in [4.78, 5) is 2.24. The van der Waals surface area contributed by atoms with Crippen molar-refractivity contribution in [2.24, 2.45) is 5.92 Å². The molecule has 1 aliphatic heterocycles. The van der Waals surface area contributed by atoms with Gasteiger partial charge in [0.2, 0.25) is 0 Å². The number of hydrogen-bond donors (Lipinski definition) is 2. The van der Waals surface area contributed by atoms with Crippen molar-refractivity contribution in [3.63, 3.8) is 0 Å². The monoisotopic (exact) mass is 231 g/mol. The maximum Gasteiger partial charge on any atom is 0.101 e. The van der Waals surface area contributed by atoms with Crippen molar-refractivity contribution in [1.29, 1.82) is 5.26 Å². The molecular weight excluding hydrogens is 214 g/mol. The topological polar surface area (TPSA) is 73.3 Å². The summed E-state index contributed by atoms with van der Waals surface area (Å²) in [5.74, 6) is 0.426. The van der Waals surface area contributed by atoms with Crippen molar-refractivity contribution in [3.05, 3.63) is 23.8 Å². The minimum Gasteiger partial charge on any atom is -0.398 e. The average Bonchev–Trinajstić information content (AvgIpc) is 2.39. The Morgan fingerprint density at radius 2 is 2.12 bits per heavy atom. The molecule has 1 aliphatic rings. The van der Waals surface area contributed by atoms with Crippen LogP contribution in [0.1, 0.15) is 18.4 Å². The molecule has 1 saturated heterocycles. The van der Waals surface area contributed by atoms with Crippen LogP contribution in [-0.2, 0) is 0 Å². The predicted octanol–water partition coefficient (Wildman–Crippen LogP) is 1.35. The van der Waals surface area contributed by atoms with Crippen LogP contribution in [0.4, 0.5) is 11.4 Å². The SMILES string of the molecule is N#Cc1cc(N2CCC(CO)CC2)ccc1N. The van der Waals surface area contributed by atoms with Gasteiger partial charge in [-0.3, -0.25) is 0 Å². The lowest BCUT2D eigenvalue weighted by Gasteiger charge is -2.33. The number of hydrogen-bond acceptors (Lipinski definition) is 4. The van der Waals surface area contributed by atoms with Gasteiger partial charge in [0, 0.05) is 31.1 Å². The fraction of sp³-hybridized carbons (Fsp3) is 0.462. The maximum atomic E-state index is 9.09. The Bertz CT molecular complexity index is 431. The zero-order valence-corrected chi connectivity index (χ0v) is 9.76. The first-order valence-electron chi connectivity index (χ1n) is 5.90. The molecule has 0 aromatic heterocycles. The third-order valence-corrected chi connectivity index (χ3v) is 3.40. The molecule has 0 atom stereocenters. The van der Waals surface area contributed by atoms with Gasteiger partial charge in [-0.1, -0.05) is 0 Å². The van der Waals surface area contributed by atoms with E-state index in [1.165, 1.54) is 0 Å². The lowest BCUT2D eigenvalue weighted by molar-refractivity contribution is 0.203. The van der Waals surface area contributed by atoms with Gasteiger partial charge in [0.1, 0.15) is 6.07 Å². The van der Waals surface area contributed by atoms with Crippen molar-refractivity contribution in [3.8, 4) is 6.07 Å². The summed E-state index contributed by atoms with van der Waals surface area (Å²) in [7, 11) is 0. The van der Waals surface area contributed by atoms with Crippen molar-refractivity contribution in [1.82, 2.24) is 0 Å². The molecule has 0 spiro atoms. The number of benzene rings is 1. The van der Waals surface area contributed by atoms with Crippen LogP contribution in [0.15, 0.2) is 18.2 Å². The zero-order valence-electron chi connectivity index (χ0n) is 9.76. The zero-order chi connectivity index (χ0) is 12.3. The Balaban J connectivity index is 2.11. The van der Waals surface area contributed by atoms with Gasteiger partial charge in [-0.15, -0.1) is 0 Å². The molecular formula is C13H17N3O. The van der Waals surface area contributed by atoms with E-state index in [0.717, 1.165) is 31.6 Å². The quantitative estimate of drug-likeness (QED) is 0.753. The third-order valence-electron chi connectivity index (χ3n) is 3.40. The van der Waals surface area contributed by atoms with Crippen LogP contribution >= 0.6 is 0 Å². The van der Waals surface area contributed by atoms with Gasteiger partial charge in [-0.05, 0) is 37.0 Å². The van der Waals surface area contributed by atoms with Crippen LogP contribution in [0.3, 0.4) is 0 Å². The van der Waals surface area contributed by atoms with Crippen LogP contribution < -0.4 is 10.6 Å². The number of nitrogens with zero attached hydrogens (tertiary/aromatic N) is 2. The number of piperidine rings is 1. The number of nitrogen functional groups attached to an aromatic ring is 1. The van der Waals surface area contributed by atoms with E-state index in [4.69, 9.17) is 16.1 Å². The Morgan fingerprint density at radius 1 is 1.41 bits per heavy atom. The first-order chi connectivity index (χ1) is 8.24. The van der Waals surface area contributed by atoms with Gasteiger partial charge in [0.05, 0.1) is 5.56 Å². The normalized spacial score (nSPS) is 16.8. The van der Waals surface area contributed by atoms with Gasteiger partial charge in [0.15, 0.2) is 0 Å². The highest BCUT2D eigenvalue weighted by Gasteiger charge is 2.19. The number of aliphatic hydroxyl groups excluding tert-OH is 1. The summed E-state index contributed by atoms with van der Waals surface area (Å²) in [5.41, 5.74) is 7.81. The number of anilines is 2. The Hall–Kier alpha value is -1.73. The molecule has 4 nitrogen and oxygen atoms in total. The molecule has 1 fully saturated rings. The number of rotatable bonds is 2. The molecule has 4 heteroatoms. The Kier molecular flexibility index (Phi) is 3.50. The fourth-order valence-corrected chi connectivity index (χ4v) is 2.21. The number of nitrogens with two attached hydrogens (primary N) is 1. The van der Waals surface area contributed by atoms with Gasteiger partial charge < -0.3 is 15.7 Å². The van der Waals surface area contributed by atoms with E-state index in [9.17, 15) is 0 Å². The summed E-state index contributed by atoms with van der Waals surface area (Å²) >= 11 is 0. The van der Waals surface area contributed by atoms with E-state index in [-0.39, 0.29) is 6.61 Å². The highest BCUT2D eigenvalue weighted by atomic mass is 16.3. The van der Waals surface area contributed by atoms with Crippen molar-refractivity contribution >= 4 is 11.4 Å². The van der Waals surface area contributed by atoms with Crippen LogP contribution in [0, 0.1) is 17.2 Å². The van der Waals surface area contributed by atoms with E-state index in [1.54, 1.807) is 6.07 Å². The molecule has 1 aromatic rings. The summed E-state index contributed by atoms with van der Waals surface area (Å²) in [5, 5.41) is 18.0. The second-order valence-electron chi connectivity index (χ2n) is 4.50. The van der Waals surface area contributed by atoms with E-state index in [2.05, 4.69) is 11.0 Å². The first kappa shape index (κ1) is 11.7. The van der Waals surface area contributed by atoms with E-state index in [0.29, 0.717) is 17.2 Å². The molecule has 2 rings (SSSR count). The number of aliphatic hydroxyl groups is 1. The van der Waals surface area contributed by atoms with Crippen LogP contribution in [0.25, 0.3) is 0 Å². The second-order valence-corrected chi connectivity index (χ2v) is 4.50. The lowest BCUT2D eigenvalue weighted by Crippen LogP contribution is -2.34. The molecule has 3 N–H and O–H groups in total. The molecule has 1 heterocycles. The molecule has 1 aromatic carbocycles. The van der Waals surface area contributed by atoms with Crippen LogP contribution in [0.2, 0.25) is 0 Å². The van der Waals surface area contributed by atoms with Gasteiger partial charge >= 0.3 is 0 Å². The highest BCUT2D eigenvalue weighted by molar-refractivity contribution is 5.62. The molecule has 17 heavy (non-hydrogen) atoms. The molecule has 0 amide bonds. The summed E-state index contributed by atoms with van der Waals surface area (Å²) in [6, 6.07) is 7.68. The molecule has 90 valence electrons. The van der Waals surface area contributed by atoms with Gasteiger partial charge in [-0.2, -0.15) is 5.26 Å². The average molecular weight is 231 g/mol. The maximum absolute atomic E-state index is 9.09. The molecule has 0 saturated carbocycles. The van der Waals surface area contributed by atoms with Crippen molar-refractivity contribution < 1.29 is 5.11 Å². The standard InChI is InChI=1S/C13H17N3O/c14-8-11-7-12(1-2-13(11)15)16-5-3-10(9-17)4-6-16/h1-2,7,10,17H,3-6,9,15H2. The minimum absolute atomic E-state index is 0.277. The lowest BCUT2D eigenvalue weighted by atomic mass is 9.97. The smallest absolute Gasteiger partial charge is 0.101 e. The van der Waals surface area contributed by atoms with Gasteiger partial charge in [0.25, 0.3) is 0 Å². The minimum atomic E-state index is 0.277. The van der Waals surface area contributed by atoms with E-state index >= 15 is 0 Å². The Morgan fingerprint density at radius 3 is 2.71 bits per heavy atom. The van der Waals surface area contributed by atoms with Crippen molar-refractivity contribution in [2.75, 3.05) is 30.3 Å². The molecule has 0 radical (unpaired) electrons. The van der Waals surface area contributed by atoms with Gasteiger partial charge in [-0.25, -0.2) is 0 Å². The van der Waals surface area contributed by atoms with Crippen LogP contribution in [-0.4, -0.2) is 24.8 Å². The van der Waals surface area contributed by atoms with E-state index < -0.39 is 0 Å². The predicted molar refractivity (Wildman–Crippen MR) is 67.6 cm³/mol. The fourth-order valence-electron chi connectivity index (χ4n) is 2.21. The van der Waals surface area contributed by atoms with Crippen LogP contribution in [0.5, 0.6) is 0 Å². The third kappa shape index (κ3) is 2.51. The van der Waals surface area contributed by atoms with E-state index in [1.807, 2.05) is 12.1 Å². The Labute approximate surface area is 101 Å². The second kappa shape index (κ2) is 5.07. The number of nitriles is 1. The molecule has 0 bridgehead atoms.